The molecule has 7 heteroatoms. The molecule has 0 saturated carbocycles. The molecule has 0 aliphatic carbocycles. The summed E-state index contributed by atoms with van der Waals surface area (Å²) in [5, 5.41) is 2.65. The van der Waals surface area contributed by atoms with Crippen molar-refractivity contribution in [1.29, 1.82) is 0 Å². The van der Waals surface area contributed by atoms with Crippen molar-refractivity contribution in [2.24, 2.45) is 0 Å². The molecule has 2 atom stereocenters. The Labute approximate surface area is 180 Å². The average Bonchev–Trinajstić information content (AvgIpc) is 3.27. The zero-order chi connectivity index (χ0) is 21.5. The van der Waals surface area contributed by atoms with E-state index in [1.165, 1.54) is 11.8 Å². The Kier molecular flexibility index (Phi) is 5.32. The van der Waals surface area contributed by atoms with E-state index in [-0.39, 0.29) is 21.9 Å². The number of amides is 2. The SMILES string of the molecule is CC(NC(=O)SC(C)(C)C)C(=O)N1c2ccccc2CC1c1nc2ccccc2[nH]1. The molecule has 0 fully saturated rings. The van der Waals surface area contributed by atoms with Crippen LogP contribution in [0.2, 0.25) is 0 Å². The van der Waals surface area contributed by atoms with Gasteiger partial charge in [-0.25, -0.2) is 4.98 Å². The number of anilines is 1. The van der Waals surface area contributed by atoms with Crippen LogP contribution in [0, 0.1) is 0 Å². The second-order valence-electron chi connectivity index (χ2n) is 8.56. The summed E-state index contributed by atoms with van der Waals surface area (Å²) in [6.07, 6.45) is 0.680. The molecule has 3 aromatic rings. The molecule has 2 unspecified atom stereocenters. The number of aromatic nitrogens is 2. The normalized spacial score (nSPS) is 17.1. The molecule has 1 aromatic heterocycles. The molecule has 156 valence electrons. The minimum absolute atomic E-state index is 0.145. The Morgan fingerprint density at radius 2 is 1.87 bits per heavy atom. The van der Waals surface area contributed by atoms with E-state index in [2.05, 4.69) is 10.3 Å². The largest absolute Gasteiger partial charge is 0.340 e. The number of rotatable bonds is 3. The number of aromatic amines is 1. The van der Waals surface area contributed by atoms with Crippen molar-refractivity contribution < 1.29 is 9.59 Å². The zero-order valence-corrected chi connectivity index (χ0v) is 18.4. The number of para-hydroxylation sites is 3. The van der Waals surface area contributed by atoms with E-state index >= 15 is 0 Å². The van der Waals surface area contributed by atoms with Crippen LogP contribution in [-0.2, 0) is 11.2 Å². The van der Waals surface area contributed by atoms with Gasteiger partial charge in [-0.1, -0.05) is 62.9 Å². The third kappa shape index (κ3) is 4.07. The molecule has 2 N–H and O–H groups in total. The van der Waals surface area contributed by atoms with Gasteiger partial charge >= 0.3 is 0 Å². The lowest BCUT2D eigenvalue weighted by molar-refractivity contribution is -0.120. The zero-order valence-electron chi connectivity index (χ0n) is 17.6. The maximum absolute atomic E-state index is 13.5. The number of carbonyl (C=O) groups is 2. The molecule has 1 aliphatic rings. The number of fused-ring (bicyclic) bond motifs is 2. The van der Waals surface area contributed by atoms with Crippen molar-refractivity contribution in [2.75, 3.05) is 4.90 Å². The first kappa shape index (κ1) is 20.5. The third-order valence-corrected chi connectivity index (χ3v) is 5.96. The molecule has 0 bridgehead atoms. The highest BCUT2D eigenvalue weighted by molar-refractivity contribution is 8.14. The second-order valence-corrected chi connectivity index (χ2v) is 10.4. The van der Waals surface area contributed by atoms with E-state index in [1.807, 2.05) is 69.3 Å². The number of hydrogen-bond donors (Lipinski definition) is 2. The molecule has 30 heavy (non-hydrogen) atoms. The van der Waals surface area contributed by atoms with Gasteiger partial charge in [0.1, 0.15) is 11.9 Å². The van der Waals surface area contributed by atoms with Gasteiger partial charge in [0.15, 0.2) is 0 Å². The summed E-state index contributed by atoms with van der Waals surface area (Å²) in [4.78, 5) is 35.7. The van der Waals surface area contributed by atoms with E-state index in [1.54, 1.807) is 11.8 Å². The first-order chi connectivity index (χ1) is 14.2. The second kappa shape index (κ2) is 7.80. The van der Waals surface area contributed by atoms with Gasteiger partial charge in [-0.3, -0.25) is 14.5 Å². The number of H-pyrrole nitrogens is 1. The van der Waals surface area contributed by atoms with Crippen LogP contribution in [0.3, 0.4) is 0 Å². The smallest absolute Gasteiger partial charge is 0.280 e. The summed E-state index contributed by atoms with van der Waals surface area (Å²) in [5.74, 6) is 0.608. The number of hydrogen-bond acceptors (Lipinski definition) is 4. The molecular formula is C23H26N4O2S. The molecule has 6 nitrogen and oxygen atoms in total. The van der Waals surface area contributed by atoms with E-state index in [4.69, 9.17) is 4.98 Å². The van der Waals surface area contributed by atoms with Gasteiger partial charge in [-0.2, -0.15) is 0 Å². The van der Waals surface area contributed by atoms with Crippen LogP contribution < -0.4 is 10.2 Å². The minimum Gasteiger partial charge on any atom is -0.340 e. The van der Waals surface area contributed by atoms with E-state index in [9.17, 15) is 9.59 Å². The lowest BCUT2D eigenvalue weighted by atomic mass is 10.1. The van der Waals surface area contributed by atoms with Gasteiger partial charge in [0.2, 0.25) is 5.91 Å². The van der Waals surface area contributed by atoms with Crippen LogP contribution >= 0.6 is 11.8 Å². The topological polar surface area (TPSA) is 78.1 Å². The average molecular weight is 423 g/mol. The predicted octanol–water partition coefficient (Wildman–Crippen LogP) is 4.82. The molecule has 0 radical (unpaired) electrons. The highest BCUT2D eigenvalue weighted by atomic mass is 32.2. The molecule has 0 saturated heterocycles. The van der Waals surface area contributed by atoms with Crippen LogP contribution in [0.15, 0.2) is 48.5 Å². The fourth-order valence-electron chi connectivity index (χ4n) is 3.76. The Bertz CT molecular complexity index is 1070. The van der Waals surface area contributed by atoms with Crippen LogP contribution in [0.4, 0.5) is 10.5 Å². The van der Waals surface area contributed by atoms with Crippen molar-refractivity contribution in [3.63, 3.8) is 0 Å². The highest BCUT2D eigenvalue weighted by Crippen LogP contribution is 2.40. The Balaban J connectivity index is 1.63. The lowest BCUT2D eigenvalue weighted by Crippen LogP contribution is -2.47. The number of nitrogens with one attached hydrogen (secondary N) is 2. The van der Waals surface area contributed by atoms with Crippen LogP contribution in [-0.4, -0.2) is 31.9 Å². The molecule has 4 rings (SSSR count). The summed E-state index contributed by atoms with van der Waals surface area (Å²) in [6.45, 7) is 7.65. The van der Waals surface area contributed by atoms with Crippen LogP contribution in [0.5, 0.6) is 0 Å². The summed E-state index contributed by atoms with van der Waals surface area (Å²) in [6, 6.07) is 14.9. The lowest BCUT2D eigenvalue weighted by Gasteiger charge is -2.28. The Morgan fingerprint density at radius 1 is 1.17 bits per heavy atom. The van der Waals surface area contributed by atoms with Crippen LogP contribution in [0.25, 0.3) is 11.0 Å². The van der Waals surface area contributed by atoms with Crippen molar-refractivity contribution in [3.05, 3.63) is 59.9 Å². The number of nitrogens with zero attached hydrogens (tertiary/aromatic N) is 2. The number of thioether (sulfide) groups is 1. The molecular weight excluding hydrogens is 396 g/mol. The van der Waals surface area contributed by atoms with Crippen LogP contribution in [0.1, 0.15) is 45.1 Å². The van der Waals surface area contributed by atoms with Gasteiger partial charge in [0, 0.05) is 16.9 Å². The van der Waals surface area contributed by atoms with E-state index in [0.29, 0.717) is 6.42 Å². The standard InChI is InChI=1S/C23H26N4O2S/c1-14(24-22(29)30-23(2,3)4)21(28)27-18-12-8-5-9-15(18)13-19(27)20-25-16-10-6-7-11-17(16)26-20/h5-12,14,19H,13H2,1-4H3,(H,24,29)(H,25,26). The Morgan fingerprint density at radius 3 is 2.60 bits per heavy atom. The van der Waals surface area contributed by atoms with Gasteiger partial charge in [0.05, 0.1) is 17.1 Å². The fraction of sp³-hybridized carbons (Fsp3) is 0.348. The molecule has 0 spiro atoms. The van der Waals surface area contributed by atoms with Crippen molar-refractivity contribution in [1.82, 2.24) is 15.3 Å². The summed E-state index contributed by atoms with van der Waals surface area (Å²) >= 11 is 1.19. The van der Waals surface area contributed by atoms with E-state index < -0.39 is 6.04 Å². The fourth-order valence-corrected chi connectivity index (χ4v) is 4.55. The van der Waals surface area contributed by atoms with Gasteiger partial charge in [-0.15, -0.1) is 0 Å². The van der Waals surface area contributed by atoms with Gasteiger partial charge < -0.3 is 10.3 Å². The molecule has 2 amide bonds. The van der Waals surface area contributed by atoms with Gasteiger partial charge in [0.25, 0.3) is 5.24 Å². The van der Waals surface area contributed by atoms with Gasteiger partial charge in [-0.05, 0) is 30.7 Å². The van der Waals surface area contributed by atoms with E-state index in [0.717, 1.165) is 28.1 Å². The Hall–Kier alpha value is -2.80. The first-order valence-corrected chi connectivity index (χ1v) is 10.9. The van der Waals surface area contributed by atoms with Crippen molar-refractivity contribution in [3.8, 4) is 0 Å². The quantitative estimate of drug-likeness (QED) is 0.634. The summed E-state index contributed by atoms with van der Waals surface area (Å²) in [7, 11) is 0. The van der Waals surface area contributed by atoms with Crippen molar-refractivity contribution >= 4 is 39.6 Å². The number of imidazole rings is 1. The van der Waals surface area contributed by atoms with Crippen molar-refractivity contribution in [2.45, 2.75) is 50.9 Å². The molecule has 2 heterocycles. The highest BCUT2D eigenvalue weighted by Gasteiger charge is 2.38. The predicted molar refractivity (Wildman–Crippen MR) is 122 cm³/mol. The molecule has 1 aliphatic heterocycles. The summed E-state index contributed by atoms with van der Waals surface area (Å²) < 4.78 is -0.218. The minimum atomic E-state index is -0.648. The maximum atomic E-state index is 13.5. The molecule has 2 aromatic carbocycles. The monoisotopic (exact) mass is 422 g/mol. The third-order valence-electron chi connectivity index (χ3n) is 5.04. The number of carbonyl (C=O) groups excluding carboxylic acids is 2. The first-order valence-electron chi connectivity index (χ1n) is 10.1. The maximum Gasteiger partial charge on any atom is 0.280 e. The number of benzene rings is 2. The summed E-state index contributed by atoms with van der Waals surface area (Å²) in [5.41, 5.74) is 3.79.